The first-order chi connectivity index (χ1) is 36.5. The summed E-state index contributed by atoms with van der Waals surface area (Å²) in [5, 5.41) is 0. The molecule has 0 rings (SSSR count). The Labute approximate surface area is 455 Å². The van der Waals surface area contributed by atoms with Gasteiger partial charge in [0.2, 0.25) is 0 Å². The fraction of sp³-hybridized carbons (Fsp3) is 0.603. The highest BCUT2D eigenvalue weighted by Crippen LogP contribution is 2.13. The molecule has 0 aromatic heterocycles. The molecule has 0 aliphatic rings. The number of hydrogen-bond donors (Lipinski definition) is 0. The summed E-state index contributed by atoms with van der Waals surface area (Å²) in [6.45, 7) is 6.33. The van der Waals surface area contributed by atoms with Gasteiger partial charge in [-0.05, 0) is 141 Å². The Bertz CT molecular complexity index is 1640. The van der Waals surface area contributed by atoms with Crippen molar-refractivity contribution in [3.05, 3.63) is 146 Å². The molecule has 1 atom stereocenters. The molecule has 0 fully saturated rings. The van der Waals surface area contributed by atoms with Crippen molar-refractivity contribution >= 4 is 17.9 Å². The third-order valence-electron chi connectivity index (χ3n) is 12.1. The Morgan fingerprint density at radius 2 is 0.527 bits per heavy atom. The molecule has 1 unspecified atom stereocenters. The number of ether oxygens (including phenoxy) is 3. The van der Waals surface area contributed by atoms with E-state index in [4.69, 9.17) is 14.2 Å². The monoisotopic (exact) mass is 1020 g/mol. The van der Waals surface area contributed by atoms with Crippen LogP contribution >= 0.6 is 0 Å². The number of carbonyl (C=O) groups is 3. The van der Waals surface area contributed by atoms with Crippen LogP contribution in [0.3, 0.4) is 0 Å². The van der Waals surface area contributed by atoms with E-state index in [1.807, 2.05) is 0 Å². The molecular formula is C68H108O6. The van der Waals surface area contributed by atoms with Crippen molar-refractivity contribution in [1.29, 1.82) is 0 Å². The molecule has 0 aliphatic carbocycles. The highest BCUT2D eigenvalue weighted by Gasteiger charge is 2.19. The first kappa shape index (κ1) is 69.3. The van der Waals surface area contributed by atoms with Crippen LogP contribution in [0.25, 0.3) is 0 Å². The second kappa shape index (κ2) is 60.8. The van der Waals surface area contributed by atoms with E-state index in [0.29, 0.717) is 12.8 Å². The molecule has 6 nitrogen and oxygen atoms in total. The predicted octanol–water partition coefficient (Wildman–Crippen LogP) is 20.4. The van der Waals surface area contributed by atoms with Gasteiger partial charge in [-0.25, -0.2) is 0 Å². The number of rotatable bonds is 52. The highest BCUT2D eigenvalue weighted by molar-refractivity contribution is 5.71. The van der Waals surface area contributed by atoms with Gasteiger partial charge in [-0.1, -0.05) is 231 Å². The minimum atomic E-state index is -0.808. The summed E-state index contributed by atoms with van der Waals surface area (Å²) in [7, 11) is 0. The lowest BCUT2D eigenvalue weighted by molar-refractivity contribution is -0.167. The average molecular weight is 1020 g/mol. The van der Waals surface area contributed by atoms with Gasteiger partial charge in [0.1, 0.15) is 13.2 Å². The van der Waals surface area contributed by atoms with E-state index in [1.165, 1.54) is 44.9 Å². The van der Waals surface area contributed by atoms with Crippen LogP contribution in [0.1, 0.15) is 245 Å². The van der Waals surface area contributed by atoms with Gasteiger partial charge in [0.15, 0.2) is 6.10 Å². The summed E-state index contributed by atoms with van der Waals surface area (Å²) < 4.78 is 16.8. The zero-order chi connectivity index (χ0) is 53.6. The van der Waals surface area contributed by atoms with Gasteiger partial charge < -0.3 is 14.2 Å². The highest BCUT2D eigenvalue weighted by atomic mass is 16.6. The standard InChI is InChI=1S/C68H108O6/c1-4-7-10-13-16-19-22-25-26-27-28-29-30-31-32-33-34-35-36-37-38-39-40-41-42-44-46-49-52-55-58-61-67(70)73-64-65(63-72-66(69)60-57-54-51-48-45-24-21-18-15-12-9-6-3)74-68(71)62-59-56-53-50-47-43-23-20-17-14-11-8-5-2/h7-8,10-11,16-21,25-26,28-29,31-32,34-35,37-38,40-41,43,47,65H,4-6,9,12-15,22-24,27,30,33,36,39,42,44-46,48-64H2,1-3H3/b10-7-,11-8-,19-16-,20-17-,21-18-,26-25-,29-28-,32-31-,35-34-,38-37-,41-40-,47-43-. The van der Waals surface area contributed by atoms with Crippen LogP contribution in [0.4, 0.5) is 0 Å². The summed E-state index contributed by atoms with van der Waals surface area (Å²) in [5.41, 5.74) is 0. The smallest absolute Gasteiger partial charge is 0.306 e. The van der Waals surface area contributed by atoms with Crippen molar-refractivity contribution in [2.75, 3.05) is 13.2 Å². The first-order valence-corrected chi connectivity index (χ1v) is 29.8. The maximum Gasteiger partial charge on any atom is 0.306 e. The van der Waals surface area contributed by atoms with Crippen molar-refractivity contribution in [1.82, 2.24) is 0 Å². The molecule has 0 saturated carbocycles. The van der Waals surface area contributed by atoms with Crippen LogP contribution in [0, 0.1) is 0 Å². The topological polar surface area (TPSA) is 78.9 Å². The second-order valence-corrected chi connectivity index (χ2v) is 19.1. The van der Waals surface area contributed by atoms with E-state index in [2.05, 4.69) is 167 Å². The Kier molecular flexibility index (Phi) is 57.0. The van der Waals surface area contributed by atoms with E-state index in [9.17, 15) is 14.4 Å². The third kappa shape index (κ3) is 58.2. The zero-order valence-corrected chi connectivity index (χ0v) is 47.5. The normalized spacial score (nSPS) is 13.2. The summed E-state index contributed by atoms with van der Waals surface area (Å²) >= 11 is 0. The Balaban J connectivity index is 4.32. The molecule has 0 radical (unpaired) electrons. The molecular weight excluding hydrogens is 913 g/mol. The van der Waals surface area contributed by atoms with Crippen molar-refractivity contribution in [3.63, 3.8) is 0 Å². The van der Waals surface area contributed by atoms with Gasteiger partial charge in [0.25, 0.3) is 0 Å². The summed E-state index contributed by atoms with van der Waals surface area (Å²) in [6.07, 6.45) is 87.1. The summed E-state index contributed by atoms with van der Waals surface area (Å²) in [4.78, 5) is 38.1. The fourth-order valence-electron chi connectivity index (χ4n) is 7.64. The number of esters is 3. The van der Waals surface area contributed by atoms with Gasteiger partial charge in [-0.3, -0.25) is 14.4 Å². The second-order valence-electron chi connectivity index (χ2n) is 19.1. The molecule has 0 aromatic rings. The lowest BCUT2D eigenvalue weighted by atomic mass is 10.1. The Hall–Kier alpha value is -4.71. The number of allylic oxidation sites excluding steroid dienone is 24. The molecule has 6 heteroatoms. The van der Waals surface area contributed by atoms with E-state index in [-0.39, 0.29) is 37.5 Å². The van der Waals surface area contributed by atoms with Gasteiger partial charge in [-0.15, -0.1) is 0 Å². The maximum absolute atomic E-state index is 12.8. The molecule has 0 aliphatic heterocycles. The predicted molar refractivity (Wildman–Crippen MR) is 320 cm³/mol. The van der Waals surface area contributed by atoms with E-state index >= 15 is 0 Å². The molecule has 0 spiro atoms. The van der Waals surface area contributed by atoms with Crippen LogP contribution in [0.2, 0.25) is 0 Å². The van der Waals surface area contributed by atoms with Gasteiger partial charge >= 0.3 is 17.9 Å². The number of hydrogen-bond acceptors (Lipinski definition) is 6. The zero-order valence-electron chi connectivity index (χ0n) is 47.5. The van der Waals surface area contributed by atoms with Crippen molar-refractivity contribution < 1.29 is 28.6 Å². The molecule has 0 heterocycles. The van der Waals surface area contributed by atoms with Gasteiger partial charge in [0.05, 0.1) is 0 Å². The average Bonchev–Trinajstić information content (AvgIpc) is 3.40. The minimum absolute atomic E-state index is 0.104. The van der Waals surface area contributed by atoms with Gasteiger partial charge in [-0.2, -0.15) is 0 Å². The van der Waals surface area contributed by atoms with Gasteiger partial charge in [0, 0.05) is 19.3 Å². The first-order valence-electron chi connectivity index (χ1n) is 29.8. The molecule has 0 aromatic carbocycles. The number of carbonyl (C=O) groups excluding carboxylic acids is 3. The van der Waals surface area contributed by atoms with Crippen molar-refractivity contribution in [3.8, 4) is 0 Å². The van der Waals surface area contributed by atoms with E-state index < -0.39 is 6.10 Å². The Morgan fingerprint density at radius 1 is 0.284 bits per heavy atom. The van der Waals surface area contributed by atoms with Crippen LogP contribution in [-0.2, 0) is 28.6 Å². The SMILES string of the molecule is CC/C=C\C/C=C\C/C=C\C/C=C\C/C=C\C/C=C\C/C=C\C/C=C\CCCCCCCCC(=O)OCC(COC(=O)CCCCCCC/C=C\CCCCC)OC(=O)CCCCC/C=C\C/C=C\C/C=C\CC. The Morgan fingerprint density at radius 3 is 0.851 bits per heavy atom. The lowest BCUT2D eigenvalue weighted by Gasteiger charge is -2.18. The number of unbranched alkanes of at least 4 members (excludes halogenated alkanes) is 17. The van der Waals surface area contributed by atoms with E-state index in [1.54, 1.807) is 0 Å². The van der Waals surface area contributed by atoms with Crippen LogP contribution in [-0.4, -0.2) is 37.2 Å². The molecule has 74 heavy (non-hydrogen) atoms. The third-order valence-corrected chi connectivity index (χ3v) is 12.1. The van der Waals surface area contributed by atoms with Crippen molar-refractivity contribution in [2.24, 2.45) is 0 Å². The quantitative estimate of drug-likeness (QED) is 0.0261. The van der Waals surface area contributed by atoms with E-state index in [0.717, 1.165) is 161 Å². The van der Waals surface area contributed by atoms with Crippen molar-refractivity contribution in [2.45, 2.75) is 252 Å². The molecule has 0 saturated heterocycles. The summed E-state index contributed by atoms with van der Waals surface area (Å²) in [6, 6.07) is 0. The van der Waals surface area contributed by atoms with Crippen LogP contribution in [0.15, 0.2) is 146 Å². The minimum Gasteiger partial charge on any atom is -0.462 e. The fourth-order valence-corrected chi connectivity index (χ4v) is 7.64. The lowest BCUT2D eigenvalue weighted by Crippen LogP contribution is -2.30. The molecule has 416 valence electrons. The summed E-state index contributed by atoms with van der Waals surface area (Å²) in [5.74, 6) is -0.964. The van der Waals surface area contributed by atoms with Crippen LogP contribution in [0.5, 0.6) is 0 Å². The molecule has 0 amide bonds. The van der Waals surface area contributed by atoms with Crippen LogP contribution < -0.4 is 0 Å². The largest absolute Gasteiger partial charge is 0.462 e. The molecule has 0 N–H and O–H groups in total. The molecule has 0 bridgehead atoms. The maximum atomic E-state index is 12.8.